The van der Waals surface area contributed by atoms with Crippen molar-refractivity contribution in [2.24, 2.45) is 31.9 Å². The molecule has 5 rings (SSSR count). The van der Waals surface area contributed by atoms with Gasteiger partial charge in [0, 0.05) is 5.69 Å². The second-order valence-corrected chi connectivity index (χ2v) is 23.3. The molecule has 5 aromatic rings. The minimum absolute atomic E-state index is 0. The van der Waals surface area contributed by atoms with Gasteiger partial charge in [0.15, 0.2) is 5.34 Å². The molecule has 0 aliphatic heterocycles. The number of nitrogens with two attached hydrogens (primary N) is 1. The fraction of sp³-hybridized carbons (Fsp3) is 0.545. The van der Waals surface area contributed by atoms with Crippen LogP contribution in [0.2, 0.25) is 0 Å². The number of nitrogens with one attached hydrogen (secondary N) is 2. The van der Waals surface area contributed by atoms with E-state index in [9.17, 15) is 4.91 Å². The van der Waals surface area contributed by atoms with Gasteiger partial charge in [-0.05, 0) is 127 Å². The highest BCUT2D eigenvalue weighted by molar-refractivity contribution is 5.62. The molecule has 4 N–H and O–H groups in total. The van der Waals surface area contributed by atoms with Crippen molar-refractivity contribution < 1.29 is 4.84 Å². The van der Waals surface area contributed by atoms with E-state index in [4.69, 9.17) is 5.73 Å². The number of benzene rings is 5. The van der Waals surface area contributed by atoms with E-state index in [0.717, 1.165) is 34.9 Å². The average molecular weight is 1040 g/mol. The summed E-state index contributed by atoms with van der Waals surface area (Å²) in [7, 11) is 0. The van der Waals surface area contributed by atoms with Crippen LogP contribution in [0.15, 0.2) is 117 Å². The molecule has 76 heavy (non-hydrogen) atoms. The molecule has 0 aromatic heterocycles. The number of rotatable bonds is 20. The van der Waals surface area contributed by atoms with Crippen molar-refractivity contribution in [3.05, 3.63) is 152 Å². The van der Waals surface area contributed by atoms with Gasteiger partial charge in [0.1, 0.15) is 6.61 Å². The Bertz CT molecular complexity index is 2270. The van der Waals surface area contributed by atoms with Crippen molar-refractivity contribution >= 4 is 28.4 Å². The Morgan fingerprint density at radius 3 is 0.816 bits per heavy atom. The minimum Gasteiger partial charge on any atom is -0.398 e. The number of hydrogen-bond donors (Lipinski definition) is 3. The maximum absolute atomic E-state index is 9.31. The van der Waals surface area contributed by atoms with Gasteiger partial charge >= 0.3 is 0 Å². The van der Waals surface area contributed by atoms with E-state index in [-0.39, 0.29) is 7.43 Å². The van der Waals surface area contributed by atoms with Gasteiger partial charge in [0.05, 0.1) is 22.7 Å². The van der Waals surface area contributed by atoms with Crippen LogP contribution in [0.4, 0.5) is 28.4 Å². The van der Waals surface area contributed by atoms with Crippen LogP contribution in [-0.2, 0) is 4.84 Å². The van der Waals surface area contributed by atoms with Crippen molar-refractivity contribution in [3.63, 3.8) is 0 Å². The van der Waals surface area contributed by atoms with Crippen LogP contribution < -0.4 is 16.6 Å². The lowest BCUT2D eigenvalue weighted by Gasteiger charge is -2.19. The third-order valence-corrected chi connectivity index (χ3v) is 13.3. The summed E-state index contributed by atoms with van der Waals surface area (Å²) >= 11 is 0. The monoisotopic (exact) mass is 1040 g/mol. The zero-order chi connectivity index (χ0) is 56.7. The molecule has 0 amide bonds. The summed E-state index contributed by atoms with van der Waals surface area (Å²) in [5.41, 5.74) is 30.5. The second-order valence-electron chi connectivity index (χ2n) is 23.3. The Hall–Kier alpha value is -5.90. The molecule has 0 heterocycles. The molecule has 10 nitrogen and oxygen atoms in total. The third kappa shape index (κ3) is 20.9. The lowest BCUT2D eigenvalue weighted by atomic mass is 9.93. The smallest absolute Gasteiger partial charge is 0.155 e. The maximum Gasteiger partial charge on any atom is 0.155 e. The quantitative estimate of drug-likeness (QED) is 0.0234. The van der Waals surface area contributed by atoms with E-state index in [1.54, 1.807) is 0 Å². The van der Waals surface area contributed by atoms with Gasteiger partial charge in [0.2, 0.25) is 0 Å². The lowest BCUT2D eigenvalue weighted by Crippen LogP contribution is -2.03. The third-order valence-electron chi connectivity index (χ3n) is 13.3. The molecule has 0 aliphatic carbocycles. The van der Waals surface area contributed by atoms with Gasteiger partial charge in [-0.2, -0.15) is 0 Å². The molecule has 0 fully saturated rings. The summed E-state index contributed by atoms with van der Waals surface area (Å²) in [5.74, 6) is 4.95. The summed E-state index contributed by atoms with van der Waals surface area (Å²) in [6.45, 7) is 48.6. The van der Waals surface area contributed by atoms with Gasteiger partial charge < -0.3 is 10.6 Å². The molecular weight excluding hydrogens is 937 g/mol. The van der Waals surface area contributed by atoms with E-state index >= 15 is 0 Å². The number of nitrogen functional groups attached to an aromatic ring is 1. The van der Waals surface area contributed by atoms with E-state index in [1.807, 2.05) is 0 Å². The van der Waals surface area contributed by atoms with E-state index < -0.39 is 0 Å². The molecular formula is C66H104N8O2. The van der Waals surface area contributed by atoms with Crippen molar-refractivity contribution in [3.8, 4) is 0 Å². The van der Waals surface area contributed by atoms with E-state index in [1.165, 1.54) is 55.6 Å². The van der Waals surface area contributed by atoms with Gasteiger partial charge in [0.25, 0.3) is 0 Å². The van der Waals surface area contributed by atoms with Crippen LogP contribution in [0.5, 0.6) is 0 Å². The molecule has 0 aliphatic rings. The number of para-hydroxylation sites is 3. The Morgan fingerprint density at radius 1 is 0.382 bits per heavy atom. The first kappa shape index (κ1) is 68.1. The van der Waals surface area contributed by atoms with Gasteiger partial charge in [-0.15, -0.1) is 15.1 Å². The predicted molar refractivity (Wildman–Crippen MR) is 332 cm³/mol. The normalized spacial score (nSPS) is 11.5. The van der Waals surface area contributed by atoms with Gasteiger partial charge in [-0.1, -0.05) is 261 Å². The van der Waals surface area contributed by atoms with Crippen molar-refractivity contribution in [2.45, 2.75) is 225 Å². The molecule has 10 heteroatoms. The van der Waals surface area contributed by atoms with E-state index in [2.05, 4.69) is 285 Å². The van der Waals surface area contributed by atoms with Crippen LogP contribution in [0, 0.1) is 10.8 Å². The highest BCUT2D eigenvalue weighted by Gasteiger charge is 2.18. The first-order valence-electron chi connectivity index (χ1n) is 28.0. The largest absolute Gasteiger partial charge is 0.398 e. The molecule has 0 spiro atoms. The molecule has 5 aromatic carbocycles. The van der Waals surface area contributed by atoms with Crippen molar-refractivity contribution in [1.29, 1.82) is 0 Å². The molecule has 0 bridgehead atoms. The standard InChI is InChI=1S/2C24H35N3.C12H19N.C5H11NO2.CH4/c2*1-15(2)19-11-9-12-20(16(3)4)23(19)25-27-26-24-21(17(5)6)13-10-14-22(24)18(7)8;1-8(2)10-6-5-7-11(9(3)4)12(10)13;1-5(2)3-4-8-6-7;/h2*9-18H,1-8H3,(H,25,26);5-9H,13H2,1-4H3;5H,3-4H2,1-2H3;1H4. The number of nitrogens with zero attached hydrogens (tertiary/aromatic N) is 5. The highest BCUT2D eigenvalue weighted by atomic mass is 16.7. The zero-order valence-corrected chi connectivity index (χ0v) is 50.6. The van der Waals surface area contributed by atoms with Crippen LogP contribution >= 0.6 is 0 Å². The first-order chi connectivity index (χ1) is 35.3. The minimum atomic E-state index is 0. The molecule has 0 radical (unpaired) electrons. The molecule has 0 saturated heterocycles. The molecule has 0 saturated carbocycles. The Kier molecular flexibility index (Phi) is 30.5. The van der Waals surface area contributed by atoms with E-state index in [0.29, 0.717) is 71.7 Å². The number of anilines is 3. The predicted octanol–water partition coefficient (Wildman–Crippen LogP) is 22.5. The van der Waals surface area contributed by atoms with Crippen LogP contribution in [0.25, 0.3) is 0 Å². The van der Waals surface area contributed by atoms with Crippen molar-refractivity contribution in [1.82, 2.24) is 0 Å². The topological polar surface area (TPSA) is 138 Å². The SMILES string of the molecule is C.CC(C)CCON=O.CC(C)c1cccc(C(C)C)c1N.CC(C)c1cccc(C(C)C)c1N=NNc1c(C(C)C)cccc1C(C)C.CC(C)c1cccc(C(C)C)c1N=NNc1c(C(C)C)cccc1C(C)C. The summed E-state index contributed by atoms with van der Waals surface area (Å²) in [6.07, 6.45) is 0.895. The van der Waals surface area contributed by atoms with Gasteiger partial charge in [-0.25, -0.2) is 0 Å². The average Bonchev–Trinajstić information content (AvgIpc) is 3.34. The summed E-state index contributed by atoms with van der Waals surface area (Å²) in [6, 6.07) is 32.2. The van der Waals surface area contributed by atoms with Gasteiger partial charge in [-0.3, -0.25) is 10.9 Å². The highest BCUT2D eigenvalue weighted by Crippen LogP contribution is 2.39. The number of hydrogen-bond acceptors (Lipinski definition) is 8. The first-order valence-corrected chi connectivity index (χ1v) is 28.0. The second kappa shape index (κ2) is 34.0. The summed E-state index contributed by atoms with van der Waals surface area (Å²) in [5, 5.41) is 20.5. The zero-order valence-electron chi connectivity index (χ0n) is 50.6. The fourth-order valence-electron chi connectivity index (χ4n) is 8.80. The maximum atomic E-state index is 9.31. The Labute approximate surface area is 463 Å². The van der Waals surface area contributed by atoms with Crippen LogP contribution in [-0.4, -0.2) is 6.61 Å². The van der Waals surface area contributed by atoms with Crippen LogP contribution in [0.3, 0.4) is 0 Å². The van der Waals surface area contributed by atoms with Crippen LogP contribution in [0.1, 0.15) is 281 Å². The lowest BCUT2D eigenvalue weighted by molar-refractivity contribution is 0.128. The molecule has 0 unspecified atom stereocenters. The Balaban J connectivity index is 0.000000552. The summed E-state index contributed by atoms with van der Waals surface area (Å²) in [4.78, 5) is 13.5. The molecule has 420 valence electrons. The fourth-order valence-corrected chi connectivity index (χ4v) is 8.80. The summed E-state index contributed by atoms with van der Waals surface area (Å²) < 4.78 is 0. The molecule has 0 atom stereocenters. The Morgan fingerprint density at radius 2 is 0.605 bits per heavy atom. The van der Waals surface area contributed by atoms with Crippen molar-refractivity contribution in [2.75, 3.05) is 23.2 Å².